The van der Waals surface area contributed by atoms with E-state index in [9.17, 15) is 4.79 Å². The van der Waals surface area contributed by atoms with Gasteiger partial charge in [0.15, 0.2) is 5.82 Å². The number of hydrogen-bond donors (Lipinski definition) is 3. The molecule has 0 fully saturated rings. The van der Waals surface area contributed by atoms with Crippen molar-refractivity contribution in [1.82, 2.24) is 15.6 Å². The summed E-state index contributed by atoms with van der Waals surface area (Å²) in [5.74, 6) is 0.961. The summed E-state index contributed by atoms with van der Waals surface area (Å²) in [6.07, 6.45) is 1.56. The Morgan fingerprint density at radius 2 is 1.84 bits per heavy atom. The van der Waals surface area contributed by atoms with E-state index in [4.69, 9.17) is 15.2 Å². The zero-order valence-electron chi connectivity index (χ0n) is 17.0. The number of rotatable bonds is 6. The van der Waals surface area contributed by atoms with Crippen LogP contribution in [0.3, 0.4) is 0 Å². The van der Waals surface area contributed by atoms with E-state index in [0.29, 0.717) is 17.2 Å². The predicted molar refractivity (Wildman–Crippen MR) is 121 cm³/mol. The first-order valence-corrected chi connectivity index (χ1v) is 9.49. The second kappa shape index (κ2) is 8.58. The summed E-state index contributed by atoms with van der Waals surface area (Å²) < 4.78 is 10.6. The number of benzene rings is 3. The fourth-order valence-corrected chi connectivity index (χ4v) is 3.35. The van der Waals surface area contributed by atoms with Gasteiger partial charge in [-0.1, -0.05) is 30.3 Å². The molecule has 0 aliphatic carbocycles. The third-order valence-electron chi connectivity index (χ3n) is 4.91. The van der Waals surface area contributed by atoms with Crippen molar-refractivity contribution in [3.63, 3.8) is 0 Å². The molecule has 4 rings (SSSR count). The molecule has 0 aliphatic rings. The number of nitrogen functional groups attached to an aromatic ring is 1. The van der Waals surface area contributed by atoms with E-state index in [1.54, 1.807) is 32.6 Å². The molecule has 0 aliphatic heterocycles. The Balaban J connectivity index is 1.61. The Morgan fingerprint density at radius 3 is 2.58 bits per heavy atom. The minimum atomic E-state index is -0.479. The van der Waals surface area contributed by atoms with Crippen LogP contribution >= 0.6 is 0 Å². The van der Waals surface area contributed by atoms with Gasteiger partial charge in [0.25, 0.3) is 5.91 Å². The minimum Gasteiger partial charge on any atom is -0.497 e. The first-order valence-electron chi connectivity index (χ1n) is 9.49. The van der Waals surface area contributed by atoms with Crippen LogP contribution in [-0.2, 0) is 0 Å². The van der Waals surface area contributed by atoms with Gasteiger partial charge in [0, 0.05) is 11.1 Å². The minimum absolute atomic E-state index is 0.0845. The Kier molecular flexibility index (Phi) is 5.53. The smallest absolute Gasteiger partial charge is 0.277 e. The number of nitrogens with one attached hydrogen (secondary N) is 2. The lowest BCUT2D eigenvalue weighted by molar-refractivity contribution is 0.0956. The third-order valence-corrected chi connectivity index (χ3v) is 4.91. The van der Waals surface area contributed by atoms with Gasteiger partial charge >= 0.3 is 0 Å². The highest BCUT2D eigenvalue weighted by atomic mass is 16.5. The maximum Gasteiger partial charge on any atom is 0.277 e. The molecule has 8 nitrogen and oxygen atoms in total. The van der Waals surface area contributed by atoms with Crippen LogP contribution in [0.1, 0.15) is 15.9 Å². The Hall–Kier alpha value is -4.33. The van der Waals surface area contributed by atoms with Crippen molar-refractivity contribution in [2.45, 2.75) is 0 Å². The summed E-state index contributed by atoms with van der Waals surface area (Å²) in [5, 5.41) is 12.9. The van der Waals surface area contributed by atoms with Gasteiger partial charge in [-0.2, -0.15) is 10.2 Å². The molecule has 1 amide bonds. The molecule has 4 N–H and O–H groups in total. The molecule has 0 atom stereocenters. The van der Waals surface area contributed by atoms with Crippen molar-refractivity contribution in [3.8, 4) is 22.8 Å². The molecule has 0 bridgehead atoms. The molecular weight excluding hydrogens is 394 g/mol. The maximum absolute atomic E-state index is 12.8. The quantitative estimate of drug-likeness (QED) is 0.329. The van der Waals surface area contributed by atoms with E-state index in [0.717, 1.165) is 21.9 Å². The van der Waals surface area contributed by atoms with E-state index in [-0.39, 0.29) is 11.4 Å². The number of carbonyl (C=O) groups excluding carboxylic acids is 1. The first-order chi connectivity index (χ1) is 15.1. The van der Waals surface area contributed by atoms with Crippen LogP contribution in [0.15, 0.2) is 65.8 Å². The zero-order valence-corrected chi connectivity index (χ0v) is 17.0. The second-order valence-corrected chi connectivity index (χ2v) is 6.69. The van der Waals surface area contributed by atoms with Crippen LogP contribution in [0.2, 0.25) is 0 Å². The molecule has 1 aromatic heterocycles. The lowest BCUT2D eigenvalue weighted by Crippen LogP contribution is -2.19. The molecule has 4 aromatic rings. The van der Waals surface area contributed by atoms with E-state index in [2.05, 4.69) is 20.7 Å². The number of carbonyl (C=O) groups is 1. The van der Waals surface area contributed by atoms with Crippen molar-refractivity contribution >= 4 is 28.7 Å². The largest absolute Gasteiger partial charge is 0.497 e. The molecule has 31 heavy (non-hydrogen) atoms. The standard InChI is InChI=1S/C23H21N5O3/c1-30-16-10-7-15(8-11-16)21-20(22(24)27-26-21)23(29)28-25-13-18-17-6-4-3-5-14(17)9-12-19(18)31-2/h3-13H,1-2H3,(H,28,29)(H3,24,26,27)/b25-13+. The van der Waals surface area contributed by atoms with Crippen LogP contribution in [0.25, 0.3) is 22.0 Å². The summed E-state index contributed by atoms with van der Waals surface area (Å²) >= 11 is 0. The molecular formula is C23H21N5O3. The van der Waals surface area contributed by atoms with Crippen molar-refractivity contribution in [2.75, 3.05) is 20.0 Å². The summed E-state index contributed by atoms with van der Waals surface area (Å²) in [6.45, 7) is 0. The normalized spacial score (nSPS) is 11.0. The zero-order chi connectivity index (χ0) is 21.8. The number of hydrogen-bond acceptors (Lipinski definition) is 6. The number of hydrazone groups is 1. The van der Waals surface area contributed by atoms with Gasteiger partial charge in [0.05, 0.1) is 26.1 Å². The van der Waals surface area contributed by atoms with Crippen LogP contribution in [0.5, 0.6) is 11.5 Å². The Bertz CT molecular complexity index is 1260. The van der Waals surface area contributed by atoms with Crippen LogP contribution in [-0.4, -0.2) is 36.5 Å². The SMILES string of the molecule is COc1ccc(-c2[nH]nc(N)c2C(=O)N/N=C/c2c(OC)ccc3ccccc23)cc1. The van der Waals surface area contributed by atoms with E-state index in [1.807, 2.05) is 48.5 Å². The highest BCUT2D eigenvalue weighted by molar-refractivity contribution is 6.06. The topological polar surface area (TPSA) is 115 Å². The fraction of sp³-hybridized carbons (Fsp3) is 0.0870. The number of methoxy groups -OCH3 is 2. The van der Waals surface area contributed by atoms with Gasteiger partial charge in [0.1, 0.15) is 17.1 Å². The van der Waals surface area contributed by atoms with E-state index in [1.165, 1.54) is 0 Å². The molecule has 8 heteroatoms. The summed E-state index contributed by atoms with van der Waals surface area (Å²) in [6, 6.07) is 18.9. The van der Waals surface area contributed by atoms with Crippen molar-refractivity contribution < 1.29 is 14.3 Å². The fourth-order valence-electron chi connectivity index (χ4n) is 3.35. The van der Waals surface area contributed by atoms with E-state index >= 15 is 0 Å². The number of nitrogens with zero attached hydrogens (tertiary/aromatic N) is 2. The summed E-state index contributed by atoms with van der Waals surface area (Å²) in [4.78, 5) is 12.8. The molecule has 0 unspecified atom stereocenters. The Morgan fingerprint density at radius 1 is 1.06 bits per heavy atom. The average Bonchev–Trinajstić information content (AvgIpc) is 3.20. The highest BCUT2D eigenvalue weighted by Gasteiger charge is 2.20. The van der Waals surface area contributed by atoms with Crippen molar-refractivity contribution in [1.29, 1.82) is 0 Å². The number of aromatic nitrogens is 2. The average molecular weight is 415 g/mol. The molecule has 0 radical (unpaired) electrons. The molecule has 0 saturated heterocycles. The van der Waals surface area contributed by atoms with E-state index < -0.39 is 5.91 Å². The molecule has 3 aromatic carbocycles. The first kappa shape index (κ1) is 20.0. The van der Waals surface area contributed by atoms with Gasteiger partial charge in [0.2, 0.25) is 0 Å². The van der Waals surface area contributed by atoms with Gasteiger partial charge in [-0.05, 0) is 41.1 Å². The van der Waals surface area contributed by atoms with Crippen LogP contribution in [0.4, 0.5) is 5.82 Å². The van der Waals surface area contributed by atoms with Crippen molar-refractivity contribution in [2.24, 2.45) is 5.10 Å². The number of fused-ring (bicyclic) bond motifs is 1. The maximum atomic E-state index is 12.8. The molecule has 1 heterocycles. The van der Waals surface area contributed by atoms with Gasteiger partial charge in [-0.15, -0.1) is 0 Å². The lowest BCUT2D eigenvalue weighted by atomic mass is 10.0. The van der Waals surface area contributed by atoms with Crippen LogP contribution < -0.4 is 20.6 Å². The number of aromatic amines is 1. The molecule has 0 spiro atoms. The highest BCUT2D eigenvalue weighted by Crippen LogP contribution is 2.28. The molecule has 0 saturated carbocycles. The number of ether oxygens (including phenoxy) is 2. The number of H-pyrrole nitrogens is 1. The summed E-state index contributed by atoms with van der Waals surface area (Å²) in [5.41, 5.74) is 10.7. The number of nitrogens with two attached hydrogens (primary N) is 1. The summed E-state index contributed by atoms with van der Waals surface area (Å²) in [7, 11) is 3.18. The monoisotopic (exact) mass is 415 g/mol. The Labute approximate surface area is 178 Å². The van der Waals surface area contributed by atoms with Crippen molar-refractivity contribution in [3.05, 3.63) is 71.8 Å². The lowest BCUT2D eigenvalue weighted by Gasteiger charge is -2.08. The van der Waals surface area contributed by atoms with Gasteiger partial charge < -0.3 is 15.2 Å². The van der Waals surface area contributed by atoms with Crippen LogP contribution in [0, 0.1) is 0 Å². The number of amides is 1. The number of anilines is 1. The molecule has 156 valence electrons. The van der Waals surface area contributed by atoms with Gasteiger partial charge in [-0.3, -0.25) is 9.89 Å². The predicted octanol–water partition coefficient (Wildman–Crippen LogP) is 3.59. The van der Waals surface area contributed by atoms with Gasteiger partial charge in [-0.25, -0.2) is 5.43 Å². The third kappa shape index (κ3) is 3.91. The second-order valence-electron chi connectivity index (χ2n) is 6.69.